The highest BCUT2D eigenvalue weighted by Crippen LogP contribution is 2.05. The normalized spacial score (nSPS) is 10.1. The van der Waals surface area contributed by atoms with Crippen molar-refractivity contribution >= 4 is 17.7 Å². The van der Waals surface area contributed by atoms with E-state index in [4.69, 9.17) is 5.73 Å². The van der Waals surface area contributed by atoms with E-state index in [-0.39, 0.29) is 17.7 Å². The molecule has 0 saturated carbocycles. The number of hydrogen-bond acceptors (Lipinski definition) is 6. The molecule has 0 spiro atoms. The Labute approximate surface area is 90.5 Å². The van der Waals surface area contributed by atoms with Crippen molar-refractivity contribution in [1.82, 2.24) is 25.2 Å². The van der Waals surface area contributed by atoms with Crippen molar-refractivity contribution in [3.63, 3.8) is 0 Å². The number of rotatable bonds is 2. The summed E-state index contributed by atoms with van der Waals surface area (Å²) < 4.78 is 0. The van der Waals surface area contributed by atoms with Crippen molar-refractivity contribution in [1.29, 1.82) is 0 Å². The lowest BCUT2D eigenvalue weighted by Gasteiger charge is -2.00. The molecule has 0 atom stereocenters. The van der Waals surface area contributed by atoms with E-state index in [2.05, 4.69) is 25.7 Å². The van der Waals surface area contributed by atoms with Crippen LogP contribution in [0.4, 0.5) is 11.8 Å². The number of aryl methyl sites for hydroxylation is 1. The quantitative estimate of drug-likeness (QED) is 0.700. The summed E-state index contributed by atoms with van der Waals surface area (Å²) in [7, 11) is 1.60. The van der Waals surface area contributed by atoms with Gasteiger partial charge in [0.15, 0.2) is 0 Å². The number of amides is 1. The molecule has 1 amide bonds. The van der Waals surface area contributed by atoms with E-state index in [1.165, 1.54) is 17.1 Å². The summed E-state index contributed by atoms with van der Waals surface area (Å²) in [6, 6.07) is 3.01. The topological polar surface area (TPSA) is 112 Å². The minimum atomic E-state index is -0.359. The molecule has 8 heteroatoms. The Hall–Kier alpha value is -2.51. The fraction of sp³-hybridized carbons (Fsp3) is 0.125. The van der Waals surface area contributed by atoms with Gasteiger partial charge in [0, 0.05) is 11.8 Å². The number of hydrogen-bond donors (Lipinski definition) is 2. The number of aromatic nitrogens is 5. The molecule has 2 heterocycles. The highest BCUT2D eigenvalue weighted by molar-refractivity contribution is 6.03. The first-order chi connectivity index (χ1) is 7.65. The lowest BCUT2D eigenvalue weighted by molar-refractivity contribution is 0.102. The Morgan fingerprint density at radius 2 is 2.38 bits per heavy atom. The molecule has 0 unspecified atom stereocenters. The standard InChI is InChI=1S/C8H9N7O/c1-15-13-8(12-14-15)11-7(16)5-2-3-10-6(9)4-5/h2-4H,1H3,(H2,9,10)(H,11,13,16). The fourth-order valence-corrected chi connectivity index (χ4v) is 1.10. The van der Waals surface area contributed by atoms with Crippen LogP contribution in [0.25, 0.3) is 0 Å². The van der Waals surface area contributed by atoms with E-state index in [0.717, 1.165) is 0 Å². The summed E-state index contributed by atoms with van der Waals surface area (Å²) in [4.78, 5) is 16.7. The summed E-state index contributed by atoms with van der Waals surface area (Å²) >= 11 is 0. The van der Waals surface area contributed by atoms with Gasteiger partial charge in [0.1, 0.15) is 5.82 Å². The Morgan fingerprint density at radius 3 is 3.00 bits per heavy atom. The highest BCUT2D eigenvalue weighted by Gasteiger charge is 2.09. The Kier molecular flexibility index (Phi) is 2.46. The number of anilines is 2. The molecule has 2 aromatic rings. The predicted molar refractivity (Wildman–Crippen MR) is 55.4 cm³/mol. The summed E-state index contributed by atoms with van der Waals surface area (Å²) in [6.07, 6.45) is 1.45. The SMILES string of the molecule is Cn1nnc(NC(=O)c2ccnc(N)c2)n1. The van der Waals surface area contributed by atoms with E-state index in [0.29, 0.717) is 5.56 Å². The van der Waals surface area contributed by atoms with Crippen LogP contribution in [0.2, 0.25) is 0 Å². The van der Waals surface area contributed by atoms with Crippen LogP contribution in [0.3, 0.4) is 0 Å². The number of tetrazole rings is 1. The molecule has 0 saturated heterocycles. The largest absolute Gasteiger partial charge is 0.384 e. The fourth-order valence-electron chi connectivity index (χ4n) is 1.10. The summed E-state index contributed by atoms with van der Waals surface area (Å²) in [6.45, 7) is 0. The molecule has 8 nitrogen and oxygen atoms in total. The van der Waals surface area contributed by atoms with Crippen LogP contribution >= 0.6 is 0 Å². The van der Waals surface area contributed by atoms with Crippen LogP contribution < -0.4 is 11.1 Å². The maximum atomic E-state index is 11.7. The number of nitrogens with two attached hydrogens (primary N) is 1. The van der Waals surface area contributed by atoms with Gasteiger partial charge in [-0.3, -0.25) is 10.1 Å². The zero-order chi connectivity index (χ0) is 11.5. The van der Waals surface area contributed by atoms with Gasteiger partial charge >= 0.3 is 0 Å². The zero-order valence-electron chi connectivity index (χ0n) is 8.45. The van der Waals surface area contributed by atoms with Crippen LogP contribution in [0.5, 0.6) is 0 Å². The van der Waals surface area contributed by atoms with Gasteiger partial charge in [0.25, 0.3) is 11.9 Å². The summed E-state index contributed by atoms with van der Waals surface area (Å²) in [5.41, 5.74) is 5.84. The maximum Gasteiger partial charge on any atom is 0.270 e. The third-order valence-electron chi connectivity index (χ3n) is 1.78. The number of carbonyl (C=O) groups excluding carboxylic acids is 1. The molecule has 16 heavy (non-hydrogen) atoms. The van der Waals surface area contributed by atoms with Crippen molar-refractivity contribution in [2.45, 2.75) is 0 Å². The minimum absolute atomic E-state index is 0.142. The second kappa shape index (κ2) is 3.93. The number of pyridine rings is 1. The van der Waals surface area contributed by atoms with E-state index >= 15 is 0 Å². The lowest BCUT2D eigenvalue weighted by atomic mass is 10.2. The molecular formula is C8H9N7O. The average Bonchev–Trinajstić information content (AvgIpc) is 2.64. The molecule has 0 bridgehead atoms. The van der Waals surface area contributed by atoms with Crippen molar-refractivity contribution < 1.29 is 4.79 Å². The first-order valence-electron chi connectivity index (χ1n) is 4.42. The smallest absolute Gasteiger partial charge is 0.270 e. The zero-order valence-corrected chi connectivity index (χ0v) is 8.45. The van der Waals surface area contributed by atoms with E-state index in [1.807, 2.05) is 0 Å². The molecule has 0 aliphatic carbocycles. The van der Waals surface area contributed by atoms with Gasteiger partial charge in [-0.05, 0) is 17.3 Å². The lowest BCUT2D eigenvalue weighted by Crippen LogP contribution is -2.13. The van der Waals surface area contributed by atoms with Gasteiger partial charge in [-0.1, -0.05) is 5.10 Å². The van der Waals surface area contributed by atoms with Crippen LogP contribution in [-0.4, -0.2) is 31.1 Å². The Bertz CT molecular complexity index is 521. The molecule has 2 aromatic heterocycles. The highest BCUT2D eigenvalue weighted by atomic mass is 16.1. The number of nitrogens with zero attached hydrogens (tertiary/aromatic N) is 5. The number of nitrogens with one attached hydrogen (secondary N) is 1. The van der Waals surface area contributed by atoms with Gasteiger partial charge in [0.05, 0.1) is 7.05 Å². The molecule has 0 radical (unpaired) electrons. The summed E-state index contributed by atoms with van der Waals surface area (Å²) in [5.74, 6) is 0.0599. The van der Waals surface area contributed by atoms with Crippen LogP contribution in [0.15, 0.2) is 18.3 Å². The van der Waals surface area contributed by atoms with Crippen molar-refractivity contribution in [2.75, 3.05) is 11.1 Å². The first kappa shape index (κ1) is 10.0. The molecule has 0 fully saturated rings. The van der Waals surface area contributed by atoms with Crippen LogP contribution in [0.1, 0.15) is 10.4 Å². The third-order valence-corrected chi connectivity index (χ3v) is 1.78. The second-order valence-corrected chi connectivity index (χ2v) is 3.03. The van der Waals surface area contributed by atoms with Crippen LogP contribution in [0, 0.1) is 0 Å². The van der Waals surface area contributed by atoms with Crippen molar-refractivity contribution in [3.05, 3.63) is 23.9 Å². The maximum absolute atomic E-state index is 11.7. The minimum Gasteiger partial charge on any atom is -0.384 e. The van der Waals surface area contributed by atoms with Gasteiger partial charge in [-0.25, -0.2) is 4.98 Å². The first-order valence-corrected chi connectivity index (χ1v) is 4.42. The molecule has 3 N–H and O–H groups in total. The predicted octanol–water partition coefficient (Wildman–Crippen LogP) is -0.560. The van der Waals surface area contributed by atoms with E-state index < -0.39 is 0 Å². The van der Waals surface area contributed by atoms with Gasteiger partial charge in [-0.15, -0.1) is 5.10 Å². The number of nitrogen functional groups attached to an aromatic ring is 1. The Balaban J connectivity index is 2.14. The van der Waals surface area contributed by atoms with Crippen molar-refractivity contribution in [3.8, 4) is 0 Å². The molecule has 2 rings (SSSR count). The molecule has 0 aliphatic rings. The third kappa shape index (κ3) is 2.11. The van der Waals surface area contributed by atoms with E-state index in [9.17, 15) is 4.79 Å². The van der Waals surface area contributed by atoms with Gasteiger partial charge < -0.3 is 5.73 Å². The molecule has 0 aliphatic heterocycles. The molecular weight excluding hydrogens is 210 g/mol. The van der Waals surface area contributed by atoms with Crippen molar-refractivity contribution in [2.24, 2.45) is 7.05 Å². The average molecular weight is 219 g/mol. The second-order valence-electron chi connectivity index (χ2n) is 3.03. The van der Waals surface area contributed by atoms with Crippen LogP contribution in [-0.2, 0) is 7.05 Å². The molecule has 82 valence electrons. The monoisotopic (exact) mass is 219 g/mol. The Morgan fingerprint density at radius 1 is 1.56 bits per heavy atom. The molecule has 0 aromatic carbocycles. The van der Waals surface area contributed by atoms with Gasteiger partial charge in [0.2, 0.25) is 0 Å². The number of carbonyl (C=O) groups is 1. The van der Waals surface area contributed by atoms with E-state index in [1.54, 1.807) is 13.1 Å². The van der Waals surface area contributed by atoms with Gasteiger partial charge in [-0.2, -0.15) is 4.80 Å². The summed E-state index contributed by atoms with van der Waals surface area (Å²) in [5, 5.41) is 13.5.